The average molecular weight is 298 g/mol. The standard InChI is InChI=1S/C13H18N2O4S/c1-9-7-20-8-10(9)5-14-13(18)15-2-3-19-6-11(15)4-12(16)17/h7-8,11H,2-6H2,1H3,(H,14,18)(H,16,17). The molecule has 6 nitrogen and oxygen atoms in total. The molecular weight excluding hydrogens is 280 g/mol. The summed E-state index contributed by atoms with van der Waals surface area (Å²) < 4.78 is 5.25. The molecule has 2 heterocycles. The molecule has 0 bridgehead atoms. The number of morpholine rings is 1. The van der Waals surface area contributed by atoms with E-state index in [1.807, 2.05) is 17.7 Å². The van der Waals surface area contributed by atoms with Gasteiger partial charge in [0.25, 0.3) is 0 Å². The van der Waals surface area contributed by atoms with E-state index >= 15 is 0 Å². The van der Waals surface area contributed by atoms with E-state index < -0.39 is 12.0 Å². The van der Waals surface area contributed by atoms with Crippen LogP contribution in [-0.2, 0) is 16.1 Å². The lowest BCUT2D eigenvalue weighted by atomic mass is 10.1. The first-order chi connectivity index (χ1) is 9.58. The van der Waals surface area contributed by atoms with Gasteiger partial charge in [0.15, 0.2) is 0 Å². The Hall–Kier alpha value is -1.60. The minimum atomic E-state index is -0.924. The van der Waals surface area contributed by atoms with Crippen molar-refractivity contribution < 1.29 is 19.4 Å². The van der Waals surface area contributed by atoms with Crippen molar-refractivity contribution in [3.63, 3.8) is 0 Å². The van der Waals surface area contributed by atoms with Gasteiger partial charge in [0, 0.05) is 13.1 Å². The maximum atomic E-state index is 12.2. The molecule has 0 saturated carbocycles. The molecule has 1 unspecified atom stereocenters. The topological polar surface area (TPSA) is 78.9 Å². The van der Waals surface area contributed by atoms with Gasteiger partial charge in [-0.05, 0) is 28.8 Å². The minimum absolute atomic E-state index is 0.0924. The number of nitrogens with zero attached hydrogens (tertiary/aromatic N) is 1. The fourth-order valence-electron chi connectivity index (χ4n) is 2.13. The highest BCUT2D eigenvalue weighted by Gasteiger charge is 2.28. The molecule has 1 aliphatic rings. The van der Waals surface area contributed by atoms with Crippen LogP contribution in [0.4, 0.5) is 4.79 Å². The Bertz CT molecular complexity index is 488. The van der Waals surface area contributed by atoms with Gasteiger partial charge >= 0.3 is 12.0 Å². The SMILES string of the molecule is Cc1cscc1CNC(=O)N1CCOCC1CC(=O)O. The average Bonchev–Trinajstić information content (AvgIpc) is 2.81. The second kappa shape index (κ2) is 6.71. The van der Waals surface area contributed by atoms with Crippen LogP contribution in [-0.4, -0.2) is 47.8 Å². The molecule has 1 aromatic heterocycles. The largest absolute Gasteiger partial charge is 0.481 e. The molecule has 0 radical (unpaired) electrons. The fraction of sp³-hybridized carbons (Fsp3) is 0.538. The Morgan fingerprint density at radius 2 is 2.35 bits per heavy atom. The summed E-state index contributed by atoms with van der Waals surface area (Å²) in [6, 6.07) is -0.630. The molecule has 0 aromatic carbocycles. The summed E-state index contributed by atoms with van der Waals surface area (Å²) in [5.74, 6) is -0.924. The molecule has 2 amide bonds. The van der Waals surface area contributed by atoms with Crippen LogP contribution in [0.25, 0.3) is 0 Å². The molecule has 1 saturated heterocycles. The number of urea groups is 1. The van der Waals surface area contributed by atoms with Crippen molar-refractivity contribution >= 4 is 23.3 Å². The monoisotopic (exact) mass is 298 g/mol. The number of hydrogen-bond acceptors (Lipinski definition) is 4. The molecule has 1 atom stereocenters. The van der Waals surface area contributed by atoms with Crippen molar-refractivity contribution in [2.45, 2.75) is 25.9 Å². The van der Waals surface area contributed by atoms with E-state index in [0.29, 0.717) is 19.7 Å². The van der Waals surface area contributed by atoms with Gasteiger partial charge in [0.05, 0.1) is 25.7 Å². The number of thiophene rings is 1. The first-order valence-corrected chi connectivity index (χ1v) is 7.38. The molecule has 0 aliphatic carbocycles. The lowest BCUT2D eigenvalue weighted by Crippen LogP contribution is -2.53. The molecule has 20 heavy (non-hydrogen) atoms. The van der Waals surface area contributed by atoms with Crippen molar-refractivity contribution in [3.8, 4) is 0 Å². The summed E-state index contributed by atoms with van der Waals surface area (Å²) in [5.41, 5.74) is 2.24. The van der Waals surface area contributed by atoms with E-state index in [9.17, 15) is 9.59 Å². The Labute approximate surface area is 121 Å². The highest BCUT2D eigenvalue weighted by atomic mass is 32.1. The lowest BCUT2D eigenvalue weighted by Gasteiger charge is -2.34. The zero-order chi connectivity index (χ0) is 14.5. The third kappa shape index (κ3) is 3.71. The fourth-order valence-corrected chi connectivity index (χ4v) is 2.99. The predicted octanol–water partition coefficient (Wildman–Crippen LogP) is 1.44. The zero-order valence-corrected chi connectivity index (χ0v) is 12.1. The van der Waals surface area contributed by atoms with Crippen LogP contribution in [0.1, 0.15) is 17.5 Å². The predicted molar refractivity (Wildman–Crippen MR) is 74.9 cm³/mol. The summed E-state index contributed by atoms with van der Waals surface area (Å²) in [5, 5.41) is 15.7. The van der Waals surface area contributed by atoms with Gasteiger partial charge in [0.1, 0.15) is 0 Å². The number of amides is 2. The first kappa shape index (κ1) is 14.8. The van der Waals surface area contributed by atoms with Gasteiger partial charge in [0.2, 0.25) is 0 Å². The van der Waals surface area contributed by atoms with Crippen molar-refractivity contribution in [1.82, 2.24) is 10.2 Å². The van der Waals surface area contributed by atoms with E-state index in [0.717, 1.165) is 11.1 Å². The molecule has 2 rings (SSSR count). The summed E-state index contributed by atoms with van der Waals surface area (Å²) in [6.07, 6.45) is -0.0924. The van der Waals surface area contributed by atoms with Gasteiger partial charge in [-0.15, -0.1) is 0 Å². The summed E-state index contributed by atoms with van der Waals surface area (Å²) in [7, 11) is 0. The molecular formula is C13H18N2O4S. The van der Waals surface area contributed by atoms with Crippen LogP contribution in [0, 0.1) is 6.92 Å². The molecule has 7 heteroatoms. The second-order valence-corrected chi connectivity index (χ2v) is 5.50. The summed E-state index contributed by atoms with van der Waals surface area (Å²) in [6.45, 7) is 3.61. The van der Waals surface area contributed by atoms with Gasteiger partial charge in [-0.2, -0.15) is 11.3 Å². The van der Waals surface area contributed by atoms with Crippen LogP contribution in [0.3, 0.4) is 0 Å². The number of ether oxygens (including phenoxy) is 1. The Morgan fingerprint density at radius 3 is 3.00 bits per heavy atom. The number of carboxylic acid groups (broad SMARTS) is 1. The molecule has 0 spiro atoms. The van der Waals surface area contributed by atoms with Gasteiger partial charge < -0.3 is 20.1 Å². The second-order valence-electron chi connectivity index (χ2n) is 4.76. The number of aliphatic carboxylic acids is 1. The van der Waals surface area contributed by atoms with E-state index in [2.05, 4.69) is 5.32 Å². The van der Waals surface area contributed by atoms with E-state index in [1.165, 1.54) is 0 Å². The smallest absolute Gasteiger partial charge is 0.318 e. The van der Waals surface area contributed by atoms with Crippen LogP contribution < -0.4 is 5.32 Å². The van der Waals surface area contributed by atoms with Crippen molar-refractivity contribution in [1.29, 1.82) is 0 Å². The number of aryl methyl sites for hydroxylation is 1. The van der Waals surface area contributed by atoms with Gasteiger partial charge in [-0.25, -0.2) is 4.79 Å². The van der Waals surface area contributed by atoms with Crippen LogP contribution in [0.15, 0.2) is 10.8 Å². The molecule has 2 N–H and O–H groups in total. The third-order valence-corrected chi connectivity index (χ3v) is 4.20. The number of nitrogens with one attached hydrogen (secondary N) is 1. The Kier molecular flexibility index (Phi) is 4.97. The first-order valence-electron chi connectivity index (χ1n) is 6.43. The summed E-state index contributed by atoms with van der Waals surface area (Å²) >= 11 is 1.60. The van der Waals surface area contributed by atoms with Crippen molar-refractivity contribution in [2.75, 3.05) is 19.8 Å². The van der Waals surface area contributed by atoms with E-state index in [4.69, 9.17) is 9.84 Å². The van der Waals surface area contributed by atoms with Crippen LogP contribution in [0.2, 0.25) is 0 Å². The van der Waals surface area contributed by atoms with E-state index in [1.54, 1.807) is 16.2 Å². The van der Waals surface area contributed by atoms with Gasteiger partial charge in [-0.3, -0.25) is 4.79 Å². The number of carboxylic acids is 1. The molecule has 1 fully saturated rings. The number of carbonyl (C=O) groups excluding carboxylic acids is 1. The molecule has 1 aliphatic heterocycles. The number of hydrogen-bond donors (Lipinski definition) is 2. The molecule has 110 valence electrons. The zero-order valence-electron chi connectivity index (χ0n) is 11.3. The maximum Gasteiger partial charge on any atom is 0.318 e. The molecule has 1 aromatic rings. The highest BCUT2D eigenvalue weighted by Crippen LogP contribution is 2.14. The minimum Gasteiger partial charge on any atom is -0.481 e. The summed E-state index contributed by atoms with van der Waals surface area (Å²) in [4.78, 5) is 24.5. The normalized spacial score (nSPS) is 18.9. The lowest BCUT2D eigenvalue weighted by molar-refractivity contribution is -0.139. The Morgan fingerprint density at radius 1 is 1.55 bits per heavy atom. The van der Waals surface area contributed by atoms with E-state index in [-0.39, 0.29) is 19.1 Å². The van der Waals surface area contributed by atoms with Crippen LogP contribution in [0.5, 0.6) is 0 Å². The van der Waals surface area contributed by atoms with Crippen molar-refractivity contribution in [2.24, 2.45) is 0 Å². The number of rotatable bonds is 4. The Balaban J connectivity index is 1.92. The van der Waals surface area contributed by atoms with Crippen LogP contribution >= 0.6 is 11.3 Å². The number of carbonyl (C=O) groups is 2. The van der Waals surface area contributed by atoms with Crippen molar-refractivity contribution in [3.05, 3.63) is 21.9 Å². The third-order valence-electron chi connectivity index (χ3n) is 3.29. The maximum absolute atomic E-state index is 12.2. The highest BCUT2D eigenvalue weighted by molar-refractivity contribution is 7.08. The quantitative estimate of drug-likeness (QED) is 0.881. The van der Waals surface area contributed by atoms with Gasteiger partial charge in [-0.1, -0.05) is 0 Å².